The van der Waals surface area contributed by atoms with E-state index in [1.807, 2.05) is 0 Å². The number of rotatable bonds is 3. The van der Waals surface area contributed by atoms with Crippen LogP contribution in [0.25, 0.3) is 0 Å². The summed E-state index contributed by atoms with van der Waals surface area (Å²) in [6, 6.07) is 0. The minimum absolute atomic E-state index is 0.0180. The van der Waals surface area contributed by atoms with Gasteiger partial charge in [0.05, 0.1) is 14.2 Å². The Morgan fingerprint density at radius 1 is 1.15 bits per heavy atom. The average molecular weight is 183 g/mol. The van der Waals surface area contributed by atoms with Crippen LogP contribution < -0.4 is 9.47 Å². The summed E-state index contributed by atoms with van der Waals surface area (Å²) in [5.74, 6) is 0.708. The molecule has 6 heteroatoms. The zero-order chi connectivity index (χ0) is 9.84. The van der Waals surface area contributed by atoms with Gasteiger partial charge in [0, 0.05) is 0 Å². The lowest BCUT2D eigenvalue weighted by molar-refractivity contribution is 0.372. The summed E-state index contributed by atoms with van der Waals surface area (Å²) in [4.78, 5) is 18.1. The van der Waals surface area contributed by atoms with Gasteiger partial charge in [0.15, 0.2) is 0 Å². The summed E-state index contributed by atoms with van der Waals surface area (Å²) >= 11 is 0. The van der Waals surface area contributed by atoms with E-state index in [0.717, 1.165) is 0 Å². The molecule has 0 amide bonds. The minimum atomic E-state index is -0.0180. The van der Waals surface area contributed by atoms with E-state index >= 15 is 0 Å². The Kier molecular flexibility index (Phi) is 2.73. The van der Waals surface area contributed by atoms with Gasteiger partial charge >= 0.3 is 0 Å². The van der Waals surface area contributed by atoms with Crippen molar-refractivity contribution < 1.29 is 9.47 Å². The highest BCUT2D eigenvalue weighted by atomic mass is 16.5. The van der Waals surface area contributed by atoms with Gasteiger partial charge in [0.2, 0.25) is 5.69 Å². The molecular weight excluding hydrogens is 174 g/mol. The van der Waals surface area contributed by atoms with Gasteiger partial charge < -0.3 is 9.47 Å². The Bertz CT molecular complexity index is 302. The van der Waals surface area contributed by atoms with Crippen molar-refractivity contribution in [3.8, 4) is 11.8 Å². The van der Waals surface area contributed by atoms with Crippen molar-refractivity contribution in [2.75, 3.05) is 14.2 Å². The lowest BCUT2D eigenvalue weighted by atomic mass is 10.4. The first-order chi connectivity index (χ1) is 6.22. The third kappa shape index (κ3) is 1.71. The molecule has 0 aliphatic rings. The highest BCUT2D eigenvalue weighted by Crippen LogP contribution is 2.33. The second-order valence-corrected chi connectivity index (χ2v) is 2.23. The van der Waals surface area contributed by atoms with Crippen LogP contribution in [0.1, 0.15) is 5.82 Å². The SMILES string of the molecule is COc1nc(C)nc(OC)c1N=O. The second-order valence-electron chi connectivity index (χ2n) is 2.23. The fraction of sp³-hybridized carbons (Fsp3) is 0.429. The molecule has 0 unspecified atom stereocenters. The number of hydrogen-bond donors (Lipinski definition) is 0. The Morgan fingerprint density at radius 3 is 1.92 bits per heavy atom. The number of nitroso groups, excluding NO2 is 1. The maximum Gasteiger partial charge on any atom is 0.250 e. The van der Waals surface area contributed by atoms with Gasteiger partial charge in [-0.05, 0) is 12.1 Å². The van der Waals surface area contributed by atoms with Crippen LogP contribution in [0.5, 0.6) is 11.8 Å². The summed E-state index contributed by atoms with van der Waals surface area (Å²) in [6.45, 7) is 1.67. The monoisotopic (exact) mass is 183 g/mol. The van der Waals surface area contributed by atoms with E-state index in [1.165, 1.54) is 14.2 Å². The van der Waals surface area contributed by atoms with Crippen molar-refractivity contribution in [1.82, 2.24) is 9.97 Å². The lowest BCUT2D eigenvalue weighted by Crippen LogP contribution is -1.97. The zero-order valence-electron chi connectivity index (χ0n) is 7.57. The Labute approximate surface area is 74.9 Å². The third-order valence-corrected chi connectivity index (χ3v) is 1.41. The number of nitrogens with zero attached hydrogens (tertiary/aromatic N) is 3. The normalized spacial score (nSPS) is 9.46. The van der Waals surface area contributed by atoms with E-state index in [-0.39, 0.29) is 17.4 Å². The molecule has 0 aliphatic heterocycles. The number of aromatic nitrogens is 2. The molecule has 1 aromatic rings. The Hall–Kier alpha value is -1.72. The fourth-order valence-electron chi connectivity index (χ4n) is 0.879. The molecule has 0 saturated heterocycles. The number of aryl methyl sites for hydroxylation is 1. The van der Waals surface area contributed by atoms with Gasteiger partial charge in [-0.25, -0.2) is 0 Å². The first-order valence-electron chi connectivity index (χ1n) is 3.53. The molecule has 0 fully saturated rings. The average Bonchev–Trinajstić information content (AvgIpc) is 2.16. The van der Waals surface area contributed by atoms with Crippen molar-refractivity contribution in [2.24, 2.45) is 5.18 Å². The number of ether oxygens (including phenoxy) is 2. The quantitative estimate of drug-likeness (QED) is 0.658. The van der Waals surface area contributed by atoms with Crippen molar-refractivity contribution >= 4 is 5.69 Å². The zero-order valence-corrected chi connectivity index (χ0v) is 7.57. The number of methoxy groups -OCH3 is 2. The van der Waals surface area contributed by atoms with Crippen LogP contribution in [0.15, 0.2) is 5.18 Å². The minimum Gasteiger partial charge on any atom is -0.479 e. The van der Waals surface area contributed by atoms with Crippen LogP contribution in [-0.4, -0.2) is 24.2 Å². The first kappa shape index (κ1) is 9.37. The molecule has 0 bridgehead atoms. The predicted molar refractivity (Wildman–Crippen MR) is 45.3 cm³/mol. The molecule has 0 aromatic carbocycles. The first-order valence-corrected chi connectivity index (χ1v) is 3.53. The van der Waals surface area contributed by atoms with Crippen LogP contribution >= 0.6 is 0 Å². The molecule has 6 nitrogen and oxygen atoms in total. The van der Waals surface area contributed by atoms with Crippen LogP contribution in [-0.2, 0) is 0 Å². The van der Waals surface area contributed by atoms with Gasteiger partial charge in [-0.15, -0.1) is 4.91 Å². The molecule has 1 aromatic heterocycles. The van der Waals surface area contributed by atoms with Crippen LogP contribution in [0.3, 0.4) is 0 Å². The summed E-state index contributed by atoms with van der Waals surface area (Å²) in [6.07, 6.45) is 0. The Balaban J connectivity index is 3.33. The van der Waals surface area contributed by atoms with Crippen molar-refractivity contribution in [1.29, 1.82) is 0 Å². The highest BCUT2D eigenvalue weighted by molar-refractivity contribution is 5.55. The van der Waals surface area contributed by atoms with Gasteiger partial charge in [-0.2, -0.15) is 9.97 Å². The van der Waals surface area contributed by atoms with Crippen molar-refractivity contribution in [2.45, 2.75) is 6.92 Å². The summed E-state index contributed by atoms with van der Waals surface area (Å²) in [5, 5.41) is 2.73. The van der Waals surface area contributed by atoms with Gasteiger partial charge in [-0.3, -0.25) is 0 Å². The summed E-state index contributed by atoms with van der Waals surface area (Å²) < 4.78 is 9.67. The predicted octanol–water partition coefficient (Wildman–Crippen LogP) is 1.20. The topological polar surface area (TPSA) is 73.7 Å². The van der Waals surface area contributed by atoms with E-state index in [4.69, 9.17) is 9.47 Å². The molecule has 0 saturated carbocycles. The van der Waals surface area contributed by atoms with Gasteiger partial charge in [-0.1, -0.05) is 0 Å². The maximum absolute atomic E-state index is 10.4. The molecule has 0 aliphatic carbocycles. The summed E-state index contributed by atoms with van der Waals surface area (Å²) in [5.41, 5.74) is -0.0180. The maximum atomic E-state index is 10.4. The van der Waals surface area contributed by atoms with E-state index in [2.05, 4.69) is 15.1 Å². The van der Waals surface area contributed by atoms with Gasteiger partial charge in [0.25, 0.3) is 11.8 Å². The summed E-state index contributed by atoms with van der Waals surface area (Å²) in [7, 11) is 2.80. The van der Waals surface area contributed by atoms with Gasteiger partial charge in [0.1, 0.15) is 5.82 Å². The van der Waals surface area contributed by atoms with Crippen molar-refractivity contribution in [3.05, 3.63) is 10.7 Å². The largest absolute Gasteiger partial charge is 0.479 e. The second kappa shape index (κ2) is 3.79. The van der Waals surface area contributed by atoms with Crippen LogP contribution in [0.4, 0.5) is 5.69 Å². The molecule has 0 atom stereocenters. The molecule has 0 spiro atoms. The lowest BCUT2D eigenvalue weighted by Gasteiger charge is -2.05. The molecule has 1 heterocycles. The number of hydrogen-bond acceptors (Lipinski definition) is 6. The molecule has 1 rings (SSSR count). The van der Waals surface area contributed by atoms with E-state index < -0.39 is 0 Å². The molecule has 70 valence electrons. The standard InChI is InChI=1S/C7H9N3O3/c1-4-8-6(12-2)5(10-11)7(9-4)13-3/h1-3H3. The van der Waals surface area contributed by atoms with E-state index in [1.54, 1.807) is 6.92 Å². The molecule has 0 N–H and O–H groups in total. The van der Waals surface area contributed by atoms with E-state index in [0.29, 0.717) is 5.82 Å². The van der Waals surface area contributed by atoms with Crippen LogP contribution in [0.2, 0.25) is 0 Å². The van der Waals surface area contributed by atoms with Crippen molar-refractivity contribution in [3.63, 3.8) is 0 Å². The van der Waals surface area contributed by atoms with E-state index in [9.17, 15) is 4.91 Å². The molecule has 13 heavy (non-hydrogen) atoms. The smallest absolute Gasteiger partial charge is 0.250 e. The molecular formula is C7H9N3O3. The molecule has 0 radical (unpaired) electrons. The fourth-order valence-corrected chi connectivity index (χ4v) is 0.879. The highest BCUT2D eigenvalue weighted by Gasteiger charge is 2.14. The third-order valence-electron chi connectivity index (χ3n) is 1.41. The van der Waals surface area contributed by atoms with Crippen LogP contribution in [0, 0.1) is 11.8 Å². The Morgan fingerprint density at radius 2 is 1.62 bits per heavy atom.